The molecule has 0 radical (unpaired) electrons. The maximum atomic E-state index is 12.0. The third-order valence-corrected chi connectivity index (χ3v) is 4.16. The van der Waals surface area contributed by atoms with Crippen molar-refractivity contribution in [2.45, 2.75) is 52.7 Å². The number of hydrogen-bond donors (Lipinski definition) is 1. The summed E-state index contributed by atoms with van der Waals surface area (Å²) >= 11 is 0. The van der Waals surface area contributed by atoms with Gasteiger partial charge < -0.3 is 24.1 Å². The van der Waals surface area contributed by atoms with Crippen LogP contribution in [0.25, 0.3) is 0 Å². The normalized spacial score (nSPS) is 11.7. The van der Waals surface area contributed by atoms with E-state index in [1.807, 2.05) is 52.1 Å². The highest BCUT2D eigenvalue weighted by molar-refractivity contribution is 5.67. The van der Waals surface area contributed by atoms with Crippen LogP contribution < -0.4 is 5.32 Å². The molecule has 0 aliphatic rings. The quantitative estimate of drug-likeness (QED) is 0.739. The number of ether oxygens (including phenoxy) is 3. The van der Waals surface area contributed by atoms with Crippen molar-refractivity contribution in [2.24, 2.45) is 0 Å². The highest BCUT2D eigenvalue weighted by atomic mass is 16.7. The molecule has 0 fully saturated rings. The molecule has 2 rings (SSSR count). The van der Waals surface area contributed by atoms with Crippen molar-refractivity contribution >= 4 is 6.09 Å². The maximum Gasteiger partial charge on any atom is 0.407 e. The SMILES string of the molecule is COC(OC)c1c(CNC(=O)OC(C)(C)C)cn(Cc2ccccc2)c1C. The fourth-order valence-electron chi connectivity index (χ4n) is 2.96. The Labute approximate surface area is 161 Å². The molecule has 0 bridgehead atoms. The van der Waals surface area contributed by atoms with Crippen LogP contribution in [-0.2, 0) is 27.3 Å². The molecule has 1 heterocycles. The number of nitrogens with one attached hydrogen (secondary N) is 1. The van der Waals surface area contributed by atoms with E-state index in [0.717, 1.165) is 23.4 Å². The smallest absolute Gasteiger partial charge is 0.407 e. The van der Waals surface area contributed by atoms with Crippen LogP contribution in [0.15, 0.2) is 36.5 Å². The zero-order valence-electron chi connectivity index (χ0n) is 17.0. The summed E-state index contributed by atoms with van der Waals surface area (Å²) in [4.78, 5) is 12.0. The lowest BCUT2D eigenvalue weighted by molar-refractivity contribution is -0.106. The van der Waals surface area contributed by atoms with Gasteiger partial charge in [-0.15, -0.1) is 0 Å². The van der Waals surface area contributed by atoms with Crippen LogP contribution in [0.5, 0.6) is 0 Å². The van der Waals surface area contributed by atoms with Crippen molar-refractivity contribution < 1.29 is 19.0 Å². The second kappa shape index (κ2) is 9.06. The van der Waals surface area contributed by atoms with Gasteiger partial charge >= 0.3 is 6.09 Å². The van der Waals surface area contributed by atoms with Gasteiger partial charge in [-0.1, -0.05) is 30.3 Å². The van der Waals surface area contributed by atoms with Crippen LogP contribution in [-0.4, -0.2) is 30.5 Å². The molecule has 6 nitrogen and oxygen atoms in total. The number of aromatic nitrogens is 1. The van der Waals surface area contributed by atoms with Crippen molar-refractivity contribution in [2.75, 3.05) is 14.2 Å². The highest BCUT2D eigenvalue weighted by Gasteiger charge is 2.22. The molecule has 1 aromatic heterocycles. The highest BCUT2D eigenvalue weighted by Crippen LogP contribution is 2.28. The first-order chi connectivity index (χ1) is 12.7. The zero-order valence-corrected chi connectivity index (χ0v) is 17.0. The monoisotopic (exact) mass is 374 g/mol. The van der Waals surface area contributed by atoms with E-state index < -0.39 is 18.0 Å². The Hall–Kier alpha value is -2.31. The second-order valence-electron chi connectivity index (χ2n) is 7.43. The minimum Gasteiger partial charge on any atom is -0.444 e. The van der Waals surface area contributed by atoms with Crippen molar-refractivity contribution in [3.8, 4) is 0 Å². The van der Waals surface area contributed by atoms with Gasteiger partial charge in [-0.05, 0) is 38.8 Å². The minimum atomic E-state index is -0.538. The number of rotatable bonds is 7. The number of nitrogens with zero attached hydrogens (tertiary/aromatic N) is 1. The first-order valence-corrected chi connectivity index (χ1v) is 9.00. The van der Waals surface area contributed by atoms with Crippen molar-refractivity contribution in [3.05, 3.63) is 58.9 Å². The Morgan fingerprint density at radius 3 is 2.33 bits per heavy atom. The lowest BCUT2D eigenvalue weighted by atomic mass is 10.1. The number of alkyl carbamates (subject to hydrolysis) is 1. The molecule has 148 valence electrons. The van der Waals surface area contributed by atoms with E-state index in [9.17, 15) is 4.79 Å². The van der Waals surface area contributed by atoms with Crippen molar-refractivity contribution in [1.82, 2.24) is 9.88 Å². The lowest BCUT2D eigenvalue weighted by Gasteiger charge is -2.20. The van der Waals surface area contributed by atoms with Crippen LogP contribution in [0, 0.1) is 6.92 Å². The largest absolute Gasteiger partial charge is 0.444 e. The molecule has 27 heavy (non-hydrogen) atoms. The van der Waals surface area contributed by atoms with Gasteiger partial charge in [0.25, 0.3) is 0 Å². The number of methoxy groups -OCH3 is 2. The van der Waals surface area contributed by atoms with Gasteiger partial charge in [0, 0.05) is 44.8 Å². The van der Waals surface area contributed by atoms with Gasteiger partial charge in [-0.2, -0.15) is 0 Å². The summed E-state index contributed by atoms with van der Waals surface area (Å²) in [5.41, 5.74) is 3.55. The molecule has 0 saturated heterocycles. The Balaban J connectivity index is 2.25. The van der Waals surface area contributed by atoms with E-state index in [-0.39, 0.29) is 0 Å². The number of carbonyl (C=O) groups is 1. The predicted octanol–water partition coefficient (Wildman–Crippen LogP) is 4.16. The molecule has 0 saturated carbocycles. The first kappa shape index (κ1) is 21.0. The fraction of sp³-hybridized carbons (Fsp3) is 0.476. The summed E-state index contributed by atoms with van der Waals surface area (Å²) < 4.78 is 18.4. The maximum absolute atomic E-state index is 12.0. The van der Waals surface area contributed by atoms with Gasteiger partial charge in [0.05, 0.1) is 0 Å². The summed E-state index contributed by atoms with van der Waals surface area (Å²) in [6, 6.07) is 10.2. The third kappa shape index (κ3) is 5.84. The molecule has 0 atom stereocenters. The van der Waals surface area contributed by atoms with Gasteiger partial charge in [-0.3, -0.25) is 0 Å². The Morgan fingerprint density at radius 2 is 1.78 bits per heavy atom. The average molecular weight is 374 g/mol. The molecule has 1 aromatic carbocycles. The number of benzene rings is 1. The van der Waals surface area contributed by atoms with E-state index in [1.165, 1.54) is 5.56 Å². The molecule has 2 aromatic rings. The minimum absolute atomic E-state index is 0.329. The Bertz CT molecular complexity index is 744. The lowest BCUT2D eigenvalue weighted by Crippen LogP contribution is -2.32. The van der Waals surface area contributed by atoms with E-state index in [0.29, 0.717) is 6.54 Å². The van der Waals surface area contributed by atoms with Gasteiger partial charge in [0.2, 0.25) is 0 Å². The molecule has 6 heteroatoms. The molecule has 0 aliphatic carbocycles. The number of amides is 1. The predicted molar refractivity (Wildman–Crippen MR) is 105 cm³/mol. The first-order valence-electron chi connectivity index (χ1n) is 9.00. The molecular weight excluding hydrogens is 344 g/mol. The topological polar surface area (TPSA) is 61.7 Å². The average Bonchev–Trinajstić information content (AvgIpc) is 2.90. The molecule has 1 N–H and O–H groups in total. The molecule has 0 spiro atoms. The van der Waals surface area contributed by atoms with Crippen molar-refractivity contribution in [3.63, 3.8) is 0 Å². The van der Waals surface area contributed by atoms with E-state index in [2.05, 4.69) is 22.0 Å². The van der Waals surface area contributed by atoms with Gasteiger partial charge in [0.1, 0.15) is 5.60 Å². The Morgan fingerprint density at radius 1 is 1.15 bits per heavy atom. The van der Waals surface area contributed by atoms with Crippen molar-refractivity contribution in [1.29, 1.82) is 0 Å². The van der Waals surface area contributed by atoms with Gasteiger partial charge in [-0.25, -0.2) is 4.79 Å². The van der Waals surface area contributed by atoms with Crippen LogP contribution in [0.1, 0.15) is 49.4 Å². The molecular formula is C21H30N2O4. The summed E-state index contributed by atoms with van der Waals surface area (Å²) in [6.45, 7) is 8.60. The summed E-state index contributed by atoms with van der Waals surface area (Å²) in [5, 5.41) is 2.82. The second-order valence-corrected chi connectivity index (χ2v) is 7.43. The van der Waals surface area contributed by atoms with Crippen LogP contribution in [0.4, 0.5) is 4.79 Å². The molecule has 1 amide bonds. The van der Waals surface area contributed by atoms with Crippen LogP contribution in [0.2, 0.25) is 0 Å². The standard InChI is InChI=1S/C21H30N2O4/c1-15-18(19(25-5)26-6)17(12-22-20(24)27-21(2,3)4)14-23(15)13-16-10-8-7-9-11-16/h7-11,14,19H,12-13H2,1-6H3,(H,22,24). The Kier molecular flexibility index (Phi) is 7.05. The van der Waals surface area contributed by atoms with Crippen LogP contribution in [0.3, 0.4) is 0 Å². The third-order valence-electron chi connectivity index (χ3n) is 4.16. The summed E-state index contributed by atoms with van der Waals surface area (Å²) in [5.74, 6) is 0. The van der Waals surface area contributed by atoms with E-state index in [1.54, 1.807) is 14.2 Å². The number of hydrogen-bond acceptors (Lipinski definition) is 4. The fourth-order valence-corrected chi connectivity index (χ4v) is 2.96. The van der Waals surface area contributed by atoms with E-state index >= 15 is 0 Å². The van der Waals surface area contributed by atoms with E-state index in [4.69, 9.17) is 14.2 Å². The van der Waals surface area contributed by atoms with Crippen LogP contribution >= 0.6 is 0 Å². The zero-order chi connectivity index (χ0) is 20.0. The van der Waals surface area contributed by atoms with Gasteiger partial charge in [0.15, 0.2) is 6.29 Å². The molecule has 0 aliphatic heterocycles. The molecule has 0 unspecified atom stereocenters. The summed E-state index contributed by atoms with van der Waals surface area (Å²) in [7, 11) is 3.21. The summed E-state index contributed by atoms with van der Waals surface area (Å²) in [6.07, 6.45) is 1.07. The number of carbonyl (C=O) groups excluding carboxylic acids is 1.